The van der Waals surface area contributed by atoms with Crippen LogP contribution in [0.4, 0.5) is 0 Å². The molecule has 1 atom stereocenters. The van der Waals surface area contributed by atoms with Crippen LogP contribution in [0.5, 0.6) is 0 Å². The molecule has 1 aliphatic rings. The monoisotopic (exact) mass is 304 g/mol. The zero-order chi connectivity index (χ0) is 15.8. The molecule has 0 unspecified atom stereocenters. The van der Waals surface area contributed by atoms with E-state index in [1.165, 1.54) is 6.92 Å². The van der Waals surface area contributed by atoms with Crippen molar-refractivity contribution in [2.75, 3.05) is 13.2 Å². The van der Waals surface area contributed by atoms with E-state index in [0.29, 0.717) is 19.6 Å². The predicted molar refractivity (Wildman–Crippen MR) is 79.9 cm³/mol. The Hall–Kier alpha value is -2.14. The number of carbonyl (C=O) groups excluding carboxylic acids is 2. The molecule has 1 aromatic rings. The fraction of sp³-hybridized carbons (Fsp3) is 0.412. The Morgan fingerprint density at radius 2 is 2.05 bits per heavy atom. The molecule has 5 heteroatoms. The van der Waals surface area contributed by atoms with E-state index in [0.717, 1.165) is 17.6 Å². The number of ether oxygens (including phenoxy) is 3. The zero-order valence-electron chi connectivity index (χ0n) is 12.6. The molecule has 0 aromatic heterocycles. The summed E-state index contributed by atoms with van der Waals surface area (Å²) < 4.78 is 15.6. The van der Waals surface area contributed by atoms with Gasteiger partial charge in [0.15, 0.2) is 0 Å². The minimum atomic E-state index is -0.898. The molecule has 0 saturated heterocycles. The van der Waals surface area contributed by atoms with Crippen molar-refractivity contribution >= 4 is 11.9 Å². The molecule has 5 nitrogen and oxygen atoms in total. The van der Waals surface area contributed by atoms with Gasteiger partial charge >= 0.3 is 11.9 Å². The number of hydrogen-bond acceptors (Lipinski definition) is 5. The molecule has 0 amide bonds. The van der Waals surface area contributed by atoms with Crippen LogP contribution in [-0.4, -0.2) is 31.3 Å². The maximum atomic E-state index is 12.2. The third-order valence-electron chi connectivity index (χ3n) is 3.30. The minimum Gasteiger partial charge on any atom is -0.458 e. The Labute approximate surface area is 129 Å². The standard InChI is InChI=1S/C17H20O5/c1-13(18)22-16(11-14-7-9-20-10-8-14)17(19)21-12-15-5-3-2-4-6-15/h2-7,16H,8-12H2,1H3/t16-/m1/s1. The number of esters is 2. The van der Waals surface area contributed by atoms with Gasteiger partial charge in [0.2, 0.25) is 6.10 Å². The Morgan fingerprint density at radius 3 is 2.68 bits per heavy atom. The second kappa shape index (κ2) is 8.34. The van der Waals surface area contributed by atoms with E-state index in [1.54, 1.807) is 0 Å². The quantitative estimate of drug-likeness (QED) is 0.596. The van der Waals surface area contributed by atoms with Crippen LogP contribution in [-0.2, 0) is 30.4 Å². The second-order valence-corrected chi connectivity index (χ2v) is 5.08. The predicted octanol–water partition coefficient (Wildman–Crippen LogP) is 2.40. The van der Waals surface area contributed by atoms with Gasteiger partial charge in [-0.05, 0) is 12.0 Å². The van der Waals surface area contributed by atoms with Crippen molar-refractivity contribution in [2.24, 2.45) is 0 Å². The minimum absolute atomic E-state index is 0.166. The molecule has 2 rings (SSSR count). The van der Waals surface area contributed by atoms with Gasteiger partial charge in [-0.25, -0.2) is 4.79 Å². The fourth-order valence-corrected chi connectivity index (χ4v) is 2.18. The van der Waals surface area contributed by atoms with Crippen LogP contribution in [0, 0.1) is 0 Å². The summed E-state index contributed by atoms with van der Waals surface area (Å²) in [4.78, 5) is 23.4. The molecular formula is C17H20O5. The highest BCUT2D eigenvalue weighted by molar-refractivity contribution is 5.78. The zero-order valence-corrected chi connectivity index (χ0v) is 12.6. The Morgan fingerprint density at radius 1 is 1.27 bits per heavy atom. The summed E-state index contributed by atoms with van der Waals surface area (Å²) in [6.07, 6.45) is 2.12. The molecular weight excluding hydrogens is 284 g/mol. The van der Waals surface area contributed by atoms with Gasteiger partial charge in [-0.3, -0.25) is 4.79 Å². The normalized spacial score (nSPS) is 15.6. The van der Waals surface area contributed by atoms with Crippen molar-refractivity contribution in [3.05, 3.63) is 47.5 Å². The molecule has 0 radical (unpaired) electrons. The number of rotatable bonds is 6. The van der Waals surface area contributed by atoms with Gasteiger partial charge in [-0.2, -0.15) is 0 Å². The molecule has 0 bridgehead atoms. The van der Waals surface area contributed by atoms with E-state index >= 15 is 0 Å². The van der Waals surface area contributed by atoms with Crippen molar-refractivity contribution in [2.45, 2.75) is 32.5 Å². The fourth-order valence-electron chi connectivity index (χ4n) is 2.18. The first-order valence-electron chi connectivity index (χ1n) is 7.28. The Balaban J connectivity index is 1.93. The first-order valence-corrected chi connectivity index (χ1v) is 7.28. The van der Waals surface area contributed by atoms with Crippen LogP contribution < -0.4 is 0 Å². The molecule has 1 heterocycles. The van der Waals surface area contributed by atoms with E-state index in [9.17, 15) is 9.59 Å². The first kappa shape index (κ1) is 16.2. The lowest BCUT2D eigenvalue weighted by Gasteiger charge is -2.19. The highest BCUT2D eigenvalue weighted by Crippen LogP contribution is 2.17. The number of benzene rings is 1. The summed E-state index contributed by atoms with van der Waals surface area (Å²) in [5.74, 6) is -1.01. The van der Waals surface area contributed by atoms with Gasteiger partial charge in [0.1, 0.15) is 6.61 Å². The molecule has 0 spiro atoms. The summed E-state index contributed by atoms with van der Waals surface area (Å²) in [6.45, 7) is 2.61. The van der Waals surface area contributed by atoms with Gasteiger partial charge in [-0.15, -0.1) is 0 Å². The van der Waals surface area contributed by atoms with Crippen molar-refractivity contribution in [3.63, 3.8) is 0 Å². The Bertz CT molecular complexity index is 535. The van der Waals surface area contributed by atoms with E-state index in [4.69, 9.17) is 14.2 Å². The van der Waals surface area contributed by atoms with E-state index < -0.39 is 18.0 Å². The number of carbonyl (C=O) groups is 2. The molecule has 0 saturated carbocycles. The van der Waals surface area contributed by atoms with Crippen molar-refractivity contribution in [3.8, 4) is 0 Å². The number of hydrogen-bond donors (Lipinski definition) is 0. The molecule has 0 N–H and O–H groups in total. The summed E-state index contributed by atoms with van der Waals surface area (Å²) in [6, 6.07) is 9.38. The molecule has 1 aliphatic heterocycles. The summed E-state index contributed by atoms with van der Waals surface area (Å²) >= 11 is 0. The Kier molecular flexibility index (Phi) is 6.15. The first-order chi connectivity index (χ1) is 10.6. The van der Waals surface area contributed by atoms with Crippen LogP contribution in [0.15, 0.2) is 42.0 Å². The molecule has 118 valence electrons. The SMILES string of the molecule is CC(=O)O[C@H](CC1=CCOCC1)C(=O)OCc1ccccc1. The van der Waals surface area contributed by atoms with E-state index in [-0.39, 0.29) is 6.61 Å². The van der Waals surface area contributed by atoms with Gasteiger partial charge in [0.25, 0.3) is 0 Å². The van der Waals surface area contributed by atoms with Crippen molar-refractivity contribution in [1.82, 2.24) is 0 Å². The van der Waals surface area contributed by atoms with Crippen LogP contribution in [0.1, 0.15) is 25.3 Å². The van der Waals surface area contributed by atoms with Crippen LogP contribution >= 0.6 is 0 Å². The summed E-state index contributed by atoms with van der Waals surface area (Å²) in [7, 11) is 0. The average molecular weight is 304 g/mol. The van der Waals surface area contributed by atoms with Crippen molar-refractivity contribution < 1.29 is 23.8 Å². The van der Waals surface area contributed by atoms with Crippen molar-refractivity contribution in [1.29, 1.82) is 0 Å². The van der Waals surface area contributed by atoms with Crippen LogP contribution in [0.2, 0.25) is 0 Å². The third kappa shape index (κ3) is 5.33. The average Bonchev–Trinajstić information content (AvgIpc) is 2.53. The maximum Gasteiger partial charge on any atom is 0.348 e. The third-order valence-corrected chi connectivity index (χ3v) is 3.30. The molecule has 22 heavy (non-hydrogen) atoms. The summed E-state index contributed by atoms with van der Waals surface area (Å²) in [5.41, 5.74) is 1.94. The van der Waals surface area contributed by atoms with E-state index in [2.05, 4.69) is 0 Å². The van der Waals surface area contributed by atoms with Crippen LogP contribution in [0.3, 0.4) is 0 Å². The van der Waals surface area contributed by atoms with Gasteiger partial charge in [0, 0.05) is 13.3 Å². The highest BCUT2D eigenvalue weighted by Gasteiger charge is 2.25. The molecule has 0 fully saturated rings. The lowest BCUT2D eigenvalue weighted by Crippen LogP contribution is -2.29. The smallest absolute Gasteiger partial charge is 0.348 e. The van der Waals surface area contributed by atoms with Crippen LogP contribution in [0.25, 0.3) is 0 Å². The second-order valence-electron chi connectivity index (χ2n) is 5.08. The van der Waals surface area contributed by atoms with E-state index in [1.807, 2.05) is 36.4 Å². The summed E-state index contributed by atoms with van der Waals surface area (Å²) in [5, 5.41) is 0. The largest absolute Gasteiger partial charge is 0.458 e. The lowest BCUT2D eigenvalue weighted by atomic mass is 10.0. The van der Waals surface area contributed by atoms with Gasteiger partial charge < -0.3 is 14.2 Å². The molecule has 0 aliphatic carbocycles. The highest BCUT2D eigenvalue weighted by atomic mass is 16.6. The topological polar surface area (TPSA) is 61.8 Å². The van der Waals surface area contributed by atoms with Gasteiger partial charge in [-0.1, -0.05) is 42.0 Å². The maximum absolute atomic E-state index is 12.2. The lowest BCUT2D eigenvalue weighted by molar-refractivity contribution is -0.167. The molecule has 1 aromatic carbocycles. The van der Waals surface area contributed by atoms with Gasteiger partial charge in [0.05, 0.1) is 13.2 Å².